The Morgan fingerprint density at radius 1 is 1.29 bits per heavy atom. The molecule has 0 bridgehead atoms. The van der Waals surface area contributed by atoms with Crippen molar-refractivity contribution in [2.45, 2.75) is 30.8 Å². The zero-order valence-corrected chi connectivity index (χ0v) is 14.8. The lowest BCUT2D eigenvalue weighted by molar-refractivity contribution is -0.137. The number of benzene rings is 1. The molecule has 9 heteroatoms. The number of halogens is 4. The van der Waals surface area contributed by atoms with Crippen LogP contribution in [0.5, 0.6) is 0 Å². The number of hydrogen-bond donors (Lipinski definition) is 1. The monoisotopic (exact) mass is 384 g/mol. The van der Waals surface area contributed by atoms with Crippen LogP contribution in [0, 0.1) is 5.92 Å². The second kappa shape index (κ2) is 7.59. The van der Waals surface area contributed by atoms with Crippen LogP contribution in [0.2, 0.25) is 5.02 Å². The van der Waals surface area contributed by atoms with Crippen LogP contribution in [-0.2, 0) is 16.2 Å². The van der Waals surface area contributed by atoms with E-state index in [2.05, 4.69) is 5.32 Å². The second-order valence-corrected chi connectivity index (χ2v) is 8.11. The summed E-state index contributed by atoms with van der Waals surface area (Å²) in [6, 6.07) is 2.34. The summed E-state index contributed by atoms with van der Waals surface area (Å²) < 4.78 is 64.6. The number of nitrogens with one attached hydrogen (secondary N) is 1. The molecule has 4 nitrogen and oxygen atoms in total. The first-order valence-electron chi connectivity index (χ1n) is 7.74. The van der Waals surface area contributed by atoms with Gasteiger partial charge < -0.3 is 5.32 Å². The highest BCUT2D eigenvalue weighted by molar-refractivity contribution is 7.89. The molecular weight excluding hydrogens is 365 g/mol. The third kappa shape index (κ3) is 4.41. The van der Waals surface area contributed by atoms with Crippen molar-refractivity contribution in [1.29, 1.82) is 0 Å². The van der Waals surface area contributed by atoms with Crippen LogP contribution >= 0.6 is 11.6 Å². The van der Waals surface area contributed by atoms with E-state index < -0.39 is 26.8 Å². The maximum absolute atomic E-state index is 12.7. The lowest BCUT2D eigenvalue weighted by atomic mass is 9.98. The summed E-state index contributed by atoms with van der Waals surface area (Å²) in [6.45, 7) is 4.39. The predicted octanol–water partition coefficient (Wildman–Crippen LogP) is 3.37. The summed E-state index contributed by atoms with van der Waals surface area (Å²) in [4.78, 5) is -0.276. The summed E-state index contributed by atoms with van der Waals surface area (Å²) in [5, 5.41) is 2.83. The summed E-state index contributed by atoms with van der Waals surface area (Å²) in [6.07, 6.45) is -3.13. The molecule has 1 aromatic carbocycles. The Labute approximate surface area is 145 Å². The Bertz CT molecular complexity index is 672. The highest BCUT2D eigenvalue weighted by atomic mass is 35.5. The molecule has 0 aromatic heterocycles. The number of sulfonamides is 1. The van der Waals surface area contributed by atoms with E-state index in [1.165, 1.54) is 4.31 Å². The van der Waals surface area contributed by atoms with Gasteiger partial charge >= 0.3 is 6.18 Å². The smallest absolute Gasteiger partial charge is 0.317 e. The number of piperidine rings is 1. The van der Waals surface area contributed by atoms with Crippen LogP contribution in [0.3, 0.4) is 0 Å². The lowest BCUT2D eigenvalue weighted by Gasteiger charge is -2.31. The van der Waals surface area contributed by atoms with E-state index in [0.29, 0.717) is 37.9 Å². The molecule has 1 N–H and O–H groups in total. The van der Waals surface area contributed by atoms with Gasteiger partial charge in [-0.2, -0.15) is 17.5 Å². The molecule has 1 fully saturated rings. The standard InChI is InChI=1S/C15H20ClF3N2O2S/c1-2-20-10-11-5-7-21(8-6-11)24(22,23)14-4-3-12(9-13(14)16)15(17,18)19/h3-4,9,11,20H,2,5-8,10H2,1H3. The first-order chi connectivity index (χ1) is 11.2. The van der Waals surface area contributed by atoms with E-state index in [1.807, 2.05) is 6.92 Å². The SMILES string of the molecule is CCNCC1CCN(S(=O)(=O)c2ccc(C(F)(F)F)cc2Cl)CC1. The van der Waals surface area contributed by atoms with E-state index in [0.717, 1.165) is 25.2 Å². The maximum Gasteiger partial charge on any atom is 0.416 e. The number of hydrogen-bond acceptors (Lipinski definition) is 3. The topological polar surface area (TPSA) is 49.4 Å². The van der Waals surface area contributed by atoms with Gasteiger partial charge in [-0.25, -0.2) is 8.42 Å². The Morgan fingerprint density at radius 3 is 2.42 bits per heavy atom. The molecule has 1 aromatic rings. The Kier molecular flexibility index (Phi) is 6.17. The van der Waals surface area contributed by atoms with Gasteiger partial charge in [0.2, 0.25) is 10.0 Å². The van der Waals surface area contributed by atoms with Crippen molar-refractivity contribution in [1.82, 2.24) is 9.62 Å². The van der Waals surface area contributed by atoms with Gasteiger partial charge in [-0.05, 0) is 50.0 Å². The van der Waals surface area contributed by atoms with Crippen molar-refractivity contribution in [2.75, 3.05) is 26.2 Å². The molecule has 1 aliphatic rings. The molecule has 0 amide bonds. The third-order valence-electron chi connectivity index (χ3n) is 4.13. The Balaban J connectivity index is 2.14. The van der Waals surface area contributed by atoms with E-state index >= 15 is 0 Å². The van der Waals surface area contributed by atoms with Crippen molar-refractivity contribution in [3.05, 3.63) is 28.8 Å². The normalized spacial score (nSPS) is 18.0. The highest BCUT2D eigenvalue weighted by Gasteiger charge is 2.34. The number of rotatable bonds is 5. The molecular formula is C15H20ClF3N2O2S. The lowest BCUT2D eigenvalue weighted by Crippen LogP contribution is -2.40. The van der Waals surface area contributed by atoms with Crippen molar-refractivity contribution >= 4 is 21.6 Å². The quantitative estimate of drug-likeness (QED) is 0.846. The molecule has 2 rings (SSSR count). The van der Waals surface area contributed by atoms with Crippen molar-refractivity contribution in [3.8, 4) is 0 Å². The van der Waals surface area contributed by atoms with Gasteiger partial charge in [0, 0.05) is 13.1 Å². The van der Waals surface area contributed by atoms with Gasteiger partial charge in [-0.1, -0.05) is 18.5 Å². The molecule has 24 heavy (non-hydrogen) atoms. The molecule has 0 radical (unpaired) electrons. The summed E-state index contributed by atoms with van der Waals surface area (Å²) in [5.74, 6) is 0.402. The third-order valence-corrected chi connectivity index (χ3v) is 6.52. The zero-order chi connectivity index (χ0) is 18.0. The van der Waals surface area contributed by atoms with Crippen LogP contribution < -0.4 is 5.32 Å². The van der Waals surface area contributed by atoms with Crippen LogP contribution in [0.1, 0.15) is 25.3 Å². The first-order valence-corrected chi connectivity index (χ1v) is 9.55. The van der Waals surface area contributed by atoms with Crippen molar-refractivity contribution in [2.24, 2.45) is 5.92 Å². The zero-order valence-electron chi connectivity index (χ0n) is 13.2. The average Bonchev–Trinajstić information content (AvgIpc) is 2.52. The molecule has 136 valence electrons. The Morgan fingerprint density at radius 2 is 1.92 bits per heavy atom. The van der Waals surface area contributed by atoms with E-state index in [1.54, 1.807) is 0 Å². The van der Waals surface area contributed by atoms with Crippen molar-refractivity contribution < 1.29 is 21.6 Å². The molecule has 0 atom stereocenters. The largest absolute Gasteiger partial charge is 0.416 e. The van der Waals surface area contributed by atoms with Gasteiger partial charge in [-0.15, -0.1) is 0 Å². The summed E-state index contributed by atoms with van der Waals surface area (Å²) in [5.41, 5.74) is -0.962. The maximum atomic E-state index is 12.7. The molecule has 1 aliphatic heterocycles. The minimum atomic E-state index is -4.56. The van der Waals surface area contributed by atoms with Crippen LogP contribution in [0.25, 0.3) is 0 Å². The molecule has 0 unspecified atom stereocenters. The fourth-order valence-corrected chi connectivity index (χ4v) is 4.72. The van der Waals surface area contributed by atoms with Gasteiger partial charge in [0.05, 0.1) is 10.6 Å². The number of nitrogens with zero attached hydrogens (tertiary/aromatic N) is 1. The van der Waals surface area contributed by atoms with Crippen molar-refractivity contribution in [3.63, 3.8) is 0 Å². The molecule has 1 heterocycles. The predicted molar refractivity (Wildman–Crippen MR) is 86.5 cm³/mol. The first kappa shape index (κ1) is 19.5. The fraction of sp³-hybridized carbons (Fsp3) is 0.600. The Hall–Kier alpha value is -0.830. The van der Waals surface area contributed by atoms with Gasteiger partial charge in [-0.3, -0.25) is 0 Å². The van der Waals surface area contributed by atoms with E-state index in [4.69, 9.17) is 11.6 Å². The second-order valence-electron chi connectivity index (χ2n) is 5.80. The molecule has 0 aliphatic carbocycles. The summed E-state index contributed by atoms with van der Waals surface area (Å²) >= 11 is 5.82. The van der Waals surface area contributed by atoms with E-state index in [-0.39, 0.29) is 4.90 Å². The van der Waals surface area contributed by atoms with E-state index in [9.17, 15) is 21.6 Å². The van der Waals surface area contributed by atoms with Crippen LogP contribution in [-0.4, -0.2) is 38.9 Å². The fourth-order valence-electron chi connectivity index (χ4n) is 2.73. The molecule has 0 saturated carbocycles. The summed E-state index contributed by atoms with van der Waals surface area (Å²) in [7, 11) is -3.89. The van der Waals surface area contributed by atoms with Crippen LogP contribution in [0.4, 0.5) is 13.2 Å². The minimum Gasteiger partial charge on any atom is -0.317 e. The molecule has 1 saturated heterocycles. The highest BCUT2D eigenvalue weighted by Crippen LogP contribution is 2.35. The van der Waals surface area contributed by atoms with Gasteiger partial charge in [0.15, 0.2) is 0 Å². The molecule has 0 spiro atoms. The number of alkyl halides is 3. The van der Waals surface area contributed by atoms with Gasteiger partial charge in [0.1, 0.15) is 4.90 Å². The van der Waals surface area contributed by atoms with Crippen LogP contribution in [0.15, 0.2) is 23.1 Å². The minimum absolute atomic E-state index is 0.276. The average molecular weight is 385 g/mol. The van der Waals surface area contributed by atoms with Gasteiger partial charge in [0.25, 0.3) is 0 Å².